The Morgan fingerprint density at radius 2 is 2.25 bits per heavy atom. The van der Waals surface area contributed by atoms with E-state index in [1.54, 1.807) is 10.9 Å². The number of hydrogen-bond donors (Lipinski definition) is 1. The van der Waals surface area contributed by atoms with Crippen LogP contribution in [0.15, 0.2) is 24.7 Å². The number of hydrogen-bond acceptors (Lipinski definition) is 3. The van der Waals surface area contributed by atoms with Gasteiger partial charge in [-0.1, -0.05) is 0 Å². The molecule has 2 aromatic rings. The van der Waals surface area contributed by atoms with E-state index in [2.05, 4.69) is 29.4 Å². The summed E-state index contributed by atoms with van der Waals surface area (Å²) in [6.45, 7) is 4.96. The van der Waals surface area contributed by atoms with Crippen LogP contribution in [0.4, 0.5) is 5.69 Å². The first-order valence-electron chi connectivity index (χ1n) is 5.41. The largest absolute Gasteiger partial charge is 0.377 e. The van der Waals surface area contributed by atoms with Crippen molar-refractivity contribution in [1.82, 2.24) is 19.6 Å². The summed E-state index contributed by atoms with van der Waals surface area (Å²) in [4.78, 5) is 0. The van der Waals surface area contributed by atoms with Crippen molar-refractivity contribution >= 4 is 5.69 Å². The van der Waals surface area contributed by atoms with Gasteiger partial charge in [-0.25, -0.2) is 0 Å². The minimum absolute atomic E-state index is 0.409. The highest BCUT2D eigenvalue weighted by Gasteiger charge is 2.02. The van der Waals surface area contributed by atoms with Crippen LogP contribution in [-0.2, 0) is 13.6 Å². The molecule has 0 bridgehead atoms. The molecule has 0 amide bonds. The lowest BCUT2D eigenvalue weighted by molar-refractivity contribution is 0.527. The molecular formula is C11H17N5. The van der Waals surface area contributed by atoms with Crippen molar-refractivity contribution in [2.45, 2.75) is 26.4 Å². The summed E-state index contributed by atoms with van der Waals surface area (Å²) in [5, 5.41) is 11.8. The van der Waals surface area contributed by atoms with E-state index >= 15 is 0 Å². The van der Waals surface area contributed by atoms with Gasteiger partial charge < -0.3 is 5.32 Å². The zero-order valence-corrected chi connectivity index (χ0v) is 9.88. The van der Waals surface area contributed by atoms with E-state index in [4.69, 9.17) is 0 Å². The molecule has 0 spiro atoms. The van der Waals surface area contributed by atoms with Crippen LogP contribution in [0.3, 0.4) is 0 Å². The van der Waals surface area contributed by atoms with Crippen LogP contribution in [0, 0.1) is 0 Å². The maximum absolute atomic E-state index is 4.46. The van der Waals surface area contributed by atoms with Gasteiger partial charge in [0.15, 0.2) is 0 Å². The first kappa shape index (κ1) is 10.7. The van der Waals surface area contributed by atoms with E-state index in [0.717, 1.165) is 17.9 Å². The molecule has 0 radical (unpaired) electrons. The van der Waals surface area contributed by atoms with Crippen molar-refractivity contribution in [3.63, 3.8) is 0 Å². The Bertz CT molecular complexity index is 454. The summed E-state index contributed by atoms with van der Waals surface area (Å²) in [5.74, 6) is 0. The van der Waals surface area contributed by atoms with Gasteiger partial charge in [-0.15, -0.1) is 0 Å². The lowest BCUT2D eigenvalue weighted by Gasteiger charge is -2.04. The molecule has 0 atom stereocenters. The second kappa shape index (κ2) is 4.38. The molecule has 0 aliphatic carbocycles. The second-order valence-corrected chi connectivity index (χ2v) is 4.14. The lowest BCUT2D eigenvalue weighted by atomic mass is 10.4. The third kappa shape index (κ3) is 2.42. The van der Waals surface area contributed by atoms with Crippen LogP contribution < -0.4 is 5.32 Å². The number of rotatable bonds is 4. The number of nitrogens with zero attached hydrogens (tertiary/aromatic N) is 4. The maximum atomic E-state index is 4.46. The molecule has 0 fully saturated rings. The Morgan fingerprint density at radius 1 is 1.44 bits per heavy atom. The quantitative estimate of drug-likeness (QED) is 0.853. The van der Waals surface area contributed by atoms with Crippen molar-refractivity contribution in [1.29, 1.82) is 0 Å². The highest BCUT2D eigenvalue weighted by atomic mass is 15.3. The number of nitrogens with one attached hydrogen (secondary N) is 1. The van der Waals surface area contributed by atoms with E-state index in [9.17, 15) is 0 Å². The van der Waals surface area contributed by atoms with Crippen LogP contribution in [0.5, 0.6) is 0 Å². The predicted molar refractivity (Wildman–Crippen MR) is 63.1 cm³/mol. The molecule has 16 heavy (non-hydrogen) atoms. The number of anilines is 1. The minimum atomic E-state index is 0.409. The van der Waals surface area contributed by atoms with Crippen LogP contribution in [-0.4, -0.2) is 19.6 Å². The Hall–Kier alpha value is -1.78. The number of aryl methyl sites for hydroxylation is 1. The molecule has 86 valence electrons. The monoisotopic (exact) mass is 219 g/mol. The maximum Gasteiger partial charge on any atom is 0.0815 e. The minimum Gasteiger partial charge on any atom is -0.377 e. The van der Waals surface area contributed by atoms with E-state index in [1.807, 2.05) is 30.2 Å². The van der Waals surface area contributed by atoms with Crippen LogP contribution >= 0.6 is 0 Å². The first-order valence-corrected chi connectivity index (χ1v) is 5.41. The summed E-state index contributed by atoms with van der Waals surface area (Å²) < 4.78 is 3.73. The fourth-order valence-corrected chi connectivity index (χ4v) is 1.46. The molecule has 0 unspecified atom stereocenters. The summed E-state index contributed by atoms with van der Waals surface area (Å²) in [5.41, 5.74) is 2.05. The lowest BCUT2D eigenvalue weighted by Crippen LogP contribution is -2.04. The molecule has 1 N–H and O–H groups in total. The van der Waals surface area contributed by atoms with Gasteiger partial charge in [-0.2, -0.15) is 10.2 Å². The highest BCUT2D eigenvalue weighted by molar-refractivity contribution is 5.38. The second-order valence-electron chi connectivity index (χ2n) is 4.14. The van der Waals surface area contributed by atoms with Crippen molar-refractivity contribution < 1.29 is 0 Å². The molecule has 5 heteroatoms. The van der Waals surface area contributed by atoms with Gasteiger partial charge in [0.25, 0.3) is 0 Å². The summed E-state index contributed by atoms with van der Waals surface area (Å²) in [6.07, 6.45) is 5.75. The van der Waals surface area contributed by atoms with Gasteiger partial charge in [-0.05, 0) is 19.9 Å². The Labute approximate surface area is 95.1 Å². The van der Waals surface area contributed by atoms with Crippen LogP contribution in [0.25, 0.3) is 0 Å². The SMILES string of the molecule is CC(C)n1ccc(CNc2cnn(C)c2)n1. The highest BCUT2D eigenvalue weighted by Crippen LogP contribution is 2.08. The molecule has 0 aromatic carbocycles. The Balaban J connectivity index is 1.94. The molecular weight excluding hydrogens is 202 g/mol. The third-order valence-corrected chi connectivity index (χ3v) is 2.37. The molecule has 5 nitrogen and oxygen atoms in total. The first-order chi connectivity index (χ1) is 7.65. The van der Waals surface area contributed by atoms with E-state index in [1.165, 1.54) is 0 Å². The van der Waals surface area contributed by atoms with Crippen LogP contribution in [0.2, 0.25) is 0 Å². The van der Waals surface area contributed by atoms with Gasteiger partial charge in [0, 0.05) is 25.5 Å². The van der Waals surface area contributed by atoms with Crippen molar-refractivity contribution in [2.75, 3.05) is 5.32 Å². The fourth-order valence-electron chi connectivity index (χ4n) is 1.46. The predicted octanol–water partition coefficient (Wildman–Crippen LogP) is 1.81. The smallest absolute Gasteiger partial charge is 0.0815 e. The third-order valence-electron chi connectivity index (χ3n) is 2.37. The molecule has 2 rings (SSSR count). The fraction of sp³-hybridized carbons (Fsp3) is 0.455. The Morgan fingerprint density at radius 3 is 2.81 bits per heavy atom. The van der Waals surface area contributed by atoms with Crippen molar-refractivity contribution in [3.8, 4) is 0 Å². The Kier molecular flexibility index (Phi) is 2.94. The molecule has 0 aliphatic rings. The average molecular weight is 219 g/mol. The van der Waals surface area contributed by atoms with Gasteiger partial charge in [0.1, 0.15) is 0 Å². The van der Waals surface area contributed by atoms with Crippen molar-refractivity contribution in [2.24, 2.45) is 7.05 Å². The van der Waals surface area contributed by atoms with E-state index in [0.29, 0.717) is 6.04 Å². The zero-order chi connectivity index (χ0) is 11.5. The topological polar surface area (TPSA) is 47.7 Å². The molecule has 0 saturated heterocycles. The molecule has 2 aromatic heterocycles. The number of aromatic nitrogens is 4. The van der Waals surface area contributed by atoms with Gasteiger partial charge >= 0.3 is 0 Å². The van der Waals surface area contributed by atoms with Gasteiger partial charge in [-0.3, -0.25) is 9.36 Å². The van der Waals surface area contributed by atoms with E-state index < -0.39 is 0 Å². The van der Waals surface area contributed by atoms with E-state index in [-0.39, 0.29) is 0 Å². The molecule has 0 saturated carbocycles. The normalized spacial score (nSPS) is 11.0. The van der Waals surface area contributed by atoms with Gasteiger partial charge in [0.05, 0.1) is 24.1 Å². The summed E-state index contributed by atoms with van der Waals surface area (Å²) in [7, 11) is 1.90. The standard InChI is InChI=1S/C11H17N5/c1-9(2)16-5-4-10(14-16)6-12-11-7-13-15(3)8-11/h4-5,7-9,12H,6H2,1-3H3. The summed E-state index contributed by atoms with van der Waals surface area (Å²) >= 11 is 0. The molecule has 2 heterocycles. The van der Waals surface area contributed by atoms with Crippen molar-refractivity contribution in [3.05, 3.63) is 30.4 Å². The summed E-state index contributed by atoms with van der Waals surface area (Å²) in [6, 6.07) is 2.44. The van der Waals surface area contributed by atoms with Gasteiger partial charge in [0.2, 0.25) is 0 Å². The molecule has 0 aliphatic heterocycles. The van der Waals surface area contributed by atoms with Crippen LogP contribution in [0.1, 0.15) is 25.6 Å². The average Bonchev–Trinajstić information content (AvgIpc) is 2.83. The zero-order valence-electron chi connectivity index (χ0n) is 9.88.